The van der Waals surface area contributed by atoms with Crippen LogP contribution in [0.2, 0.25) is 5.15 Å². The van der Waals surface area contributed by atoms with Gasteiger partial charge in [-0.15, -0.1) is 0 Å². The Labute approximate surface area is 127 Å². The lowest BCUT2D eigenvalue weighted by molar-refractivity contribution is 0.318. The summed E-state index contributed by atoms with van der Waals surface area (Å²) in [6.07, 6.45) is 1.59. The third kappa shape index (κ3) is 3.02. The van der Waals surface area contributed by atoms with Gasteiger partial charge in [-0.2, -0.15) is 5.10 Å². The van der Waals surface area contributed by atoms with Crippen molar-refractivity contribution in [3.05, 3.63) is 17.2 Å². The van der Waals surface area contributed by atoms with Crippen LogP contribution in [-0.2, 0) is 12.0 Å². The minimum atomic E-state index is -0.239. The molecule has 0 aliphatic carbocycles. The van der Waals surface area contributed by atoms with E-state index in [4.69, 9.17) is 22.2 Å². The summed E-state index contributed by atoms with van der Waals surface area (Å²) in [5.74, 6) is 0.623. The fraction of sp³-hybridized carbons (Fsp3) is 0.462. The molecule has 2 aromatic rings. The SMILES string of the molecule is CC(=N)/C(Cn1ncc2c(Cl)nc(C(C)(C)C)nc21)=N\[OH2+]. The highest BCUT2D eigenvalue weighted by Crippen LogP contribution is 2.25. The Hall–Kier alpha value is -2.02. The smallest absolute Gasteiger partial charge is 0.172 e. The summed E-state index contributed by atoms with van der Waals surface area (Å²) < 4.78 is 1.59. The molecule has 2 heterocycles. The number of fused-ring (bicyclic) bond motifs is 1. The van der Waals surface area contributed by atoms with Crippen molar-refractivity contribution in [1.29, 1.82) is 5.41 Å². The second-order valence-corrected chi connectivity index (χ2v) is 6.17. The van der Waals surface area contributed by atoms with Gasteiger partial charge < -0.3 is 10.6 Å². The topological polar surface area (TPSA) is 103 Å². The number of nitrogens with one attached hydrogen (secondary N) is 1. The zero-order valence-corrected chi connectivity index (χ0v) is 13.2. The first kappa shape index (κ1) is 15.4. The van der Waals surface area contributed by atoms with Gasteiger partial charge in [0.1, 0.15) is 11.0 Å². The molecule has 21 heavy (non-hydrogen) atoms. The van der Waals surface area contributed by atoms with E-state index in [1.54, 1.807) is 17.8 Å². The summed E-state index contributed by atoms with van der Waals surface area (Å²) >= 11 is 6.20. The summed E-state index contributed by atoms with van der Waals surface area (Å²) in [6.45, 7) is 7.80. The molecule has 2 rings (SSSR count). The molecule has 8 heteroatoms. The first-order valence-corrected chi connectivity index (χ1v) is 6.80. The van der Waals surface area contributed by atoms with Crippen LogP contribution in [0.3, 0.4) is 0 Å². The van der Waals surface area contributed by atoms with Gasteiger partial charge in [-0.1, -0.05) is 32.4 Å². The molecule has 0 aliphatic heterocycles. The van der Waals surface area contributed by atoms with Gasteiger partial charge in [0, 0.05) is 5.41 Å². The highest BCUT2D eigenvalue weighted by atomic mass is 35.5. The standard InChI is InChI=1S/C13H17ClN6O/c1-7(15)9(19-21)6-20-11-8(5-16-20)10(14)17-12(18-11)13(2,3)4/h5,15,21H,6H2,1-4H3/p+1/b15-7?,19-9-. The van der Waals surface area contributed by atoms with E-state index in [9.17, 15) is 0 Å². The van der Waals surface area contributed by atoms with Crippen molar-refractivity contribution in [2.75, 3.05) is 0 Å². The highest BCUT2D eigenvalue weighted by molar-refractivity contribution is 6.40. The van der Waals surface area contributed by atoms with Crippen LogP contribution in [0.1, 0.15) is 33.5 Å². The van der Waals surface area contributed by atoms with Crippen molar-refractivity contribution in [2.24, 2.45) is 5.16 Å². The summed E-state index contributed by atoms with van der Waals surface area (Å²) in [5.41, 5.74) is 0.899. The minimum Gasteiger partial charge on any atom is -0.469 e. The summed E-state index contributed by atoms with van der Waals surface area (Å²) in [6, 6.07) is 0. The van der Waals surface area contributed by atoms with Crippen molar-refractivity contribution in [3.8, 4) is 0 Å². The summed E-state index contributed by atoms with van der Waals surface area (Å²) in [4.78, 5) is 8.84. The molecular formula is C13H18ClN6O+. The van der Waals surface area contributed by atoms with E-state index in [2.05, 4.69) is 20.2 Å². The first-order chi connectivity index (χ1) is 9.74. The number of rotatable bonds is 3. The lowest BCUT2D eigenvalue weighted by Gasteiger charge is -2.16. The monoisotopic (exact) mass is 309 g/mol. The molecule has 0 radical (unpaired) electrons. The Morgan fingerprint density at radius 2 is 2.10 bits per heavy atom. The van der Waals surface area contributed by atoms with Crippen molar-refractivity contribution in [3.63, 3.8) is 0 Å². The molecule has 3 N–H and O–H groups in total. The molecule has 0 amide bonds. The van der Waals surface area contributed by atoms with Gasteiger partial charge in [0.05, 0.1) is 29.0 Å². The maximum Gasteiger partial charge on any atom is 0.172 e. The van der Waals surface area contributed by atoms with Crippen molar-refractivity contribution >= 4 is 34.1 Å². The Kier molecular flexibility index (Phi) is 3.95. The van der Waals surface area contributed by atoms with Crippen molar-refractivity contribution in [1.82, 2.24) is 19.7 Å². The van der Waals surface area contributed by atoms with E-state index < -0.39 is 0 Å². The van der Waals surface area contributed by atoms with Crippen LogP contribution in [-0.4, -0.2) is 36.4 Å². The summed E-state index contributed by atoms with van der Waals surface area (Å²) in [7, 11) is 0. The number of nitrogens with zero attached hydrogens (tertiary/aromatic N) is 5. The molecule has 0 fully saturated rings. The molecule has 0 spiro atoms. The Morgan fingerprint density at radius 3 is 2.62 bits per heavy atom. The molecule has 0 aliphatic rings. The van der Waals surface area contributed by atoms with Crippen LogP contribution in [0, 0.1) is 5.41 Å². The predicted molar refractivity (Wildman–Crippen MR) is 83.5 cm³/mol. The Balaban J connectivity index is 2.57. The Bertz CT molecular complexity index is 728. The van der Waals surface area contributed by atoms with Gasteiger partial charge in [-0.25, -0.2) is 14.6 Å². The van der Waals surface area contributed by atoms with Gasteiger partial charge in [0.15, 0.2) is 11.4 Å². The molecule has 0 saturated carbocycles. The molecule has 7 nitrogen and oxygen atoms in total. The number of hydrogen-bond acceptors (Lipinski definition) is 5. The Morgan fingerprint density at radius 1 is 1.43 bits per heavy atom. The second kappa shape index (κ2) is 5.40. The van der Waals surface area contributed by atoms with Crippen LogP contribution >= 0.6 is 11.6 Å². The zero-order valence-electron chi connectivity index (χ0n) is 12.4. The van der Waals surface area contributed by atoms with Crippen LogP contribution in [0.15, 0.2) is 11.4 Å². The van der Waals surface area contributed by atoms with Gasteiger partial charge in [0.2, 0.25) is 0 Å². The van der Waals surface area contributed by atoms with E-state index in [-0.39, 0.29) is 17.7 Å². The molecule has 0 bridgehead atoms. The lowest BCUT2D eigenvalue weighted by atomic mass is 9.96. The fourth-order valence-corrected chi connectivity index (χ4v) is 1.97. The predicted octanol–water partition coefficient (Wildman–Crippen LogP) is 1.90. The maximum absolute atomic E-state index is 7.60. The molecule has 0 unspecified atom stereocenters. The third-order valence-corrected chi connectivity index (χ3v) is 3.28. The van der Waals surface area contributed by atoms with Gasteiger partial charge in [-0.05, 0) is 6.92 Å². The fourth-order valence-electron chi connectivity index (χ4n) is 1.75. The molecule has 2 aromatic heterocycles. The first-order valence-electron chi connectivity index (χ1n) is 6.42. The number of hydrogen-bond donors (Lipinski definition) is 1. The average molecular weight is 310 g/mol. The van der Waals surface area contributed by atoms with E-state index in [0.717, 1.165) is 0 Å². The van der Waals surface area contributed by atoms with Crippen LogP contribution < -0.4 is 0 Å². The van der Waals surface area contributed by atoms with Crippen LogP contribution in [0.4, 0.5) is 0 Å². The normalized spacial score (nSPS) is 12.9. The highest BCUT2D eigenvalue weighted by Gasteiger charge is 2.21. The van der Waals surface area contributed by atoms with Gasteiger partial charge in [0.25, 0.3) is 0 Å². The average Bonchev–Trinajstić information content (AvgIpc) is 2.78. The minimum absolute atomic E-state index is 0.208. The quantitative estimate of drug-likeness (QED) is 0.405. The molecule has 112 valence electrons. The van der Waals surface area contributed by atoms with Crippen LogP contribution in [0.25, 0.3) is 11.0 Å². The van der Waals surface area contributed by atoms with Crippen molar-refractivity contribution < 1.29 is 5.21 Å². The molecular weight excluding hydrogens is 292 g/mol. The van der Waals surface area contributed by atoms with E-state index >= 15 is 0 Å². The second-order valence-electron chi connectivity index (χ2n) is 5.81. The van der Waals surface area contributed by atoms with Gasteiger partial charge >= 0.3 is 0 Å². The molecule has 0 saturated heterocycles. The van der Waals surface area contributed by atoms with E-state index in [1.807, 2.05) is 20.8 Å². The van der Waals surface area contributed by atoms with Crippen molar-refractivity contribution in [2.45, 2.75) is 39.7 Å². The zero-order chi connectivity index (χ0) is 15.8. The molecule has 0 atom stereocenters. The van der Waals surface area contributed by atoms with Gasteiger partial charge in [-0.3, -0.25) is 0 Å². The largest absolute Gasteiger partial charge is 0.469 e. The van der Waals surface area contributed by atoms with Crippen LogP contribution in [0.5, 0.6) is 0 Å². The number of aromatic nitrogens is 4. The lowest BCUT2D eigenvalue weighted by Crippen LogP contribution is -2.20. The van der Waals surface area contributed by atoms with E-state index in [0.29, 0.717) is 27.7 Å². The number of halogens is 1. The van der Waals surface area contributed by atoms with E-state index in [1.165, 1.54) is 0 Å². The third-order valence-electron chi connectivity index (χ3n) is 2.99. The summed E-state index contributed by atoms with van der Waals surface area (Å²) in [5, 5.41) is 23.3. The maximum atomic E-state index is 7.60. The molecule has 0 aromatic carbocycles.